The maximum Gasteiger partial charge on any atom is 0.189 e. The minimum absolute atomic E-state index is 0.270. The van der Waals surface area contributed by atoms with E-state index in [1.165, 1.54) is 32.1 Å². The zero-order valence-electron chi connectivity index (χ0n) is 13.3. The molecule has 0 N–H and O–H groups in total. The van der Waals surface area contributed by atoms with Crippen LogP contribution in [-0.4, -0.2) is 20.5 Å². The van der Waals surface area contributed by atoms with Crippen LogP contribution in [0.25, 0.3) is 6.08 Å². The van der Waals surface area contributed by atoms with Crippen LogP contribution in [0.3, 0.4) is 0 Å². The zero-order valence-corrected chi connectivity index (χ0v) is 15.4. The third-order valence-corrected chi connectivity index (χ3v) is 4.97. The van der Waals surface area contributed by atoms with Crippen LogP contribution in [0.1, 0.15) is 44.1 Å². The minimum atomic E-state index is 0.270. The molecule has 1 saturated carbocycles. The van der Waals surface area contributed by atoms with Crippen molar-refractivity contribution in [2.45, 2.75) is 38.5 Å². The lowest BCUT2D eigenvalue weighted by atomic mass is 9.87. The Morgan fingerprint density at radius 2 is 2.05 bits per heavy atom. The molecule has 3 nitrogen and oxygen atoms in total. The highest BCUT2D eigenvalue weighted by Crippen LogP contribution is 2.34. The maximum absolute atomic E-state index is 5.76. The van der Waals surface area contributed by atoms with Gasteiger partial charge in [0.15, 0.2) is 18.3 Å². The number of benzene rings is 1. The maximum atomic E-state index is 5.76. The first-order valence-corrected chi connectivity index (χ1v) is 9.03. The highest BCUT2D eigenvalue weighted by atomic mass is 127. The first-order chi connectivity index (χ1) is 10.7. The molecule has 0 heterocycles. The Bertz CT molecular complexity index is 481. The summed E-state index contributed by atoms with van der Waals surface area (Å²) in [4.78, 5) is 0. The number of halogens is 1. The molecule has 0 atom stereocenters. The molecule has 0 saturated heterocycles. The van der Waals surface area contributed by atoms with Gasteiger partial charge in [0.2, 0.25) is 0 Å². The summed E-state index contributed by atoms with van der Waals surface area (Å²) in [7, 11) is 1.65. The Morgan fingerprint density at radius 3 is 2.73 bits per heavy atom. The fourth-order valence-electron chi connectivity index (χ4n) is 2.88. The van der Waals surface area contributed by atoms with Crippen LogP contribution in [0.2, 0.25) is 0 Å². The van der Waals surface area contributed by atoms with Crippen molar-refractivity contribution >= 4 is 28.7 Å². The SMILES string of the molecule is C=Cc1cc(I)c(OCOCCC2CCCCC2)c(OC)c1. The van der Waals surface area contributed by atoms with Crippen LogP contribution < -0.4 is 9.47 Å². The molecule has 0 aromatic heterocycles. The molecule has 0 unspecified atom stereocenters. The summed E-state index contributed by atoms with van der Waals surface area (Å²) >= 11 is 2.25. The monoisotopic (exact) mass is 416 g/mol. The van der Waals surface area contributed by atoms with Gasteiger partial charge < -0.3 is 14.2 Å². The van der Waals surface area contributed by atoms with Gasteiger partial charge in [-0.25, -0.2) is 0 Å². The Labute approximate surface area is 147 Å². The van der Waals surface area contributed by atoms with E-state index in [0.29, 0.717) is 0 Å². The molecule has 22 heavy (non-hydrogen) atoms. The molecule has 0 radical (unpaired) electrons. The van der Waals surface area contributed by atoms with E-state index >= 15 is 0 Å². The van der Waals surface area contributed by atoms with Crippen LogP contribution in [0.15, 0.2) is 18.7 Å². The van der Waals surface area contributed by atoms with E-state index in [0.717, 1.165) is 39.6 Å². The van der Waals surface area contributed by atoms with Crippen molar-refractivity contribution in [1.29, 1.82) is 0 Å². The Morgan fingerprint density at radius 1 is 1.27 bits per heavy atom. The molecule has 1 aromatic rings. The summed E-state index contributed by atoms with van der Waals surface area (Å²) in [5, 5.41) is 0. The minimum Gasteiger partial charge on any atom is -0.493 e. The van der Waals surface area contributed by atoms with Crippen LogP contribution in [0, 0.1) is 9.49 Å². The molecule has 122 valence electrons. The predicted octanol–water partition coefficient (Wildman–Crippen LogP) is 5.27. The van der Waals surface area contributed by atoms with Crippen molar-refractivity contribution < 1.29 is 14.2 Å². The second-order valence-electron chi connectivity index (χ2n) is 5.70. The van der Waals surface area contributed by atoms with E-state index in [2.05, 4.69) is 29.2 Å². The van der Waals surface area contributed by atoms with Crippen LogP contribution in [-0.2, 0) is 4.74 Å². The van der Waals surface area contributed by atoms with Crippen molar-refractivity contribution in [1.82, 2.24) is 0 Å². The van der Waals surface area contributed by atoms with Crippen molar-refractivity contribution in [2.75, 3.05) is 20.5 Å². The Kier molecular flexibility index (Phi) is 7.52. The fraction of sp³-hybridized carbons (Fsp3) is 0.556. The first-order valence-electron chi connectivity index (χ1n) is 7.95. The Hall–Kier alpha value is -0.750. The molecule has 0 bridgehead atoms. The van der Waals surface area contributed by atoms with Gasteiger partial charge in [0, 0.05) is 0 Å². The second-order valence-corrected chi connectivity index (χ2v) is 6.86. The summed E-state index contributed by atoms with van der Waals surface area (Å²) < 4.78 is 17.8. The average molecular weight is 416 g/mol. The molecule has 0 spiro atoms. The molecule has 0 aliphatic heterocycles. The standard InChI is InChI=1S/C18H25IO3/c1-3-14-11-16(19)18(17(12-14)20-2)22-13-21-10-9-15-7-5-4-6-8-15/h3,11-12,15H,1,4-10,13H2,2H3. The number of hydrogen-bond donors (Lipinski definition) is 0. The topological polar surface area (TPSA) is 27.7 Å². The largest absolute Gasteiger partial charge is 0.493 e. The average Bonchev–Trinajstić information content (AvgIpc) is 2.56. The third kappa shape index (κ3) is 5.16. The number of rotatable bonds is 8. The lowest BCUT2D eigenvalue weighted by Gasteiger charge is -2.21. The van der Waals surface area contributed by atoms with Gasteiger partial charge in [-0.2, -0.15) is 0 Å². The normalized spacial score (nSPS) is 15.5. The van der Waals surface area contributed by atoms with Crippen LogP contribution in [0.4, 0.5) is 0 Å². The van der Waals surface area contributed by atoms with E-state index < -0.39 is 0 Å². The highest BCUT2D eigenvalue weighted by Gasteiger charge is 2.13. The van der Waals surface area contributed by atoms with E-state index in [1.807, 2.05) is 12.1 Å². The van der Waals surface area contributed by atoms with E-state index in [4.69, 9.17) is 14.2 Å². The lowest BCUT2D eigenvalue weighted by Crippen LogP contribution is -2.12. The molecule has 1 aliphatic carbocycles. The molecule has 1 fully saturated rings. The van der Waals surface area contributed by atoms with E-state index in [9.17, 15) is 0 Å². The summed E-state index contributed by atoms with van der Waals surface area (Å²) in [5.41, 5.74) is 1.02. The van der Waals surface area contributed by atoms with Crippen LogP contribution >= 0.6 is 22.6 Å². The summed E-state index contributed by atoms with van der Waals surface area (Å²) in [5.74, 6) is 2.30. The van der Waals surface area contributed by atoms with Gasteiger partial charge in [-0.15, -0.1) is 0 Å². The van der Waals surface area contributed by atoms with E-state index in [1.54, 1.807) is 13.2 Å². The predicted molar refractivity (Wildman–Crippen MR) is 98.4 cm³/mol. The number of methoxy groups -OCH3 is 1. The van der Waals surface area contributed by atoms with Gasteiger partial charge in [0.05, 0.1) is 17.3 Å². The fourth-order valence-corrected chi connectivity index (χ4v) is 3.66. The van der Waals surface area contributed by atoms with Gasteiger partial charge in [0.25, 0.3) is 0 Å². The lowest BCUT2D eigenvalue weighted by molar-refractivity contribution is 0.00590. The first kappa shape index (κ1) is 17.6. The molecule has 2 rings (SSSR count). The van der Waals surface area contributed by atoms with Gasteiger partial charge in [0.1, 0.15) is 0 Å². The molecule has 1 aromatic carbocycles. The smallest absolute Gasteiger partial charge is 0.189 e. The Balaban J connectivity index is 1.77. The highest BCUT2D eigenvalue weighted by molar-refractivity contribution is 14.1. The second kappa shape index (κ2) is 9.40. The molecule has 0 amide bonds. The van der Waals surface area contributed by atoms with Gasteiger partial charge >= 0.3 is 0 Å². The quantitative estimate of drug-likeness (QED) is 0.329. The number of hydrogen-bond acceptors (Lipinski definition) is 3. The summed E-state index contributed by atoms with van der Waals surface area (Å²) in [6.45, 7) is 4.83. The number of ether oxygens (including phenoxy) is 3. The van der Waals surface area contributed by atoms with Crippen molar-refractivity contribution in [2.24, 2.45) is 5.92 Å². The molecule has 1 aliphatic rings. The molecular formula is C18H25IO3. The molecule has 4 heteroatoms. The van der Waals surface area contributed by atoms with Crippen molar-refractivity contribution in [3.63, 3.8) is 0 Å². The summed E-state index contributed by atoms with van der Waals surface area (Å²) in [6.07, 6.45) is 9.83. The van der Waals surface area contributed by atoms with Gasteiger partial charge in [-0.05, 0) is 52.6 Å². The van der Waals surface area contributed by atoms with Gasteiger partial charge in [-0.3, -0.25) is 0 Å². The van der Waals surface area contributed by atoms with E-state index in [-0.39, 0.29) is 6.79 Å². The van der Waals surface area contributed by atoms with Crippen LogP contribution in [0.5, 0.6) is 11.5 Å². The molecular weight excluding hydrogens is 391 g/mol. The third-order valence-electron chi connectivity index (χ3n) is 4.17. The van der Waals surface area contributed by atoms with Gasteiger partial charge in [-0.1, -0.05) is 44.8 Å². The van der Waals surface area contributed by atoms with Crippen molar-refractivity contribution in [3.8, 4) is 11.5 Å². The zero-order chi connectivity index (χ0) is 15.8. The van der Waals surface area contributed by atoms with Crippen molar-refractivity contribution in [3.05, 3.63) is 27.8 Å². The summed E-state index contributed by atoms with van der Waals surface area (Å²) in [6, 6.07) is 3.94.